The van der Waals surface area contributed by atoms with Crippen LogP contribution in [-0.2, 0) is 0 Å². The van der Waals surface area contributed by atoms with Gasteiger partial charge in [0.05, 0.1) is 10.00 Å². The molecule has 0 saturated carbocycles. The quantitative estimate of drug-likeness (QED) is 0.692. The second-order valence-electron chi connectivity index (χ2n) is 3.21. The topological polar surface area (TPSA) is 9.23 Å². The highest BCUT2D eigenvalue weighted by atomic mass is 79.9. The maximum absolute atomic E-state index is 5.56. The molecule has 0 saturated heterocycles. The first kappa shape index (κ1) is 12.8. The van der Waals surface area contributed by atoms with Crippen molar-refractivity contribution in [3.8, 4) is 5.75 Å². The summed E-state index contributed by atoms with van der Waals surface area (Å²) in [5, 5.41) is 0. The third-order valence-corrected chi connectivity index (χ3v) is 2.38. The van der Waals surface area contributed by atoms with Crippen LogP contribution in [0, 0.1) is 0 Å². The molecule has 0 aliphatic heterocycles. The summed E-state index contributed by atoms with van der Waals surface area (Å²) in [4.78, 5) is 0. The zero-order valence-corrected chi connectivity index (χ0v) is 11.8. The van der Waals surface area contributed by atoms with Gasteiger partial charge in [-0.15, -0.1) is 0 Å². The molecule has 0 aromatic heterocycles. The van der Waals surface area contributed by atoms with Crippen LogP contribution in [0.15, 0.2) is 27.7 Å². The first-order valence-electron chi connectivity index (χ1n) is 4.98. The molecule has 0 aliphatic rings. The van der Waals surface area contributed by atoms with Crippen LogP contribution in [0.25, 0.3) is 6.08 Å². The average Bonchev–Trinajstić information content (AvgIpc) is 2.20. The van der Waals surface area contributed by atoms with E-state index in [-0.39, 0.29) is 0 Å². The molecule has 15 heavy (non-hydrogen) atoms. The molecule has 1 aromatic rings. The van der Waals surface area contributed by atoms with Gasteiger partial charge in [-0.3, -0.25) is 0 Å². The molecule has 0 radical (unpaired) electrons. The van der Waals surface area contributed by atoms with Crippen molar-refractivity contribution in [3.63, 3.8) is 0 Å². The van der Waals surface area contributed by atoms with E-state index >= 15 is 0 Å². The molecule has 3 heteroatoms. The van der Waals surface area contributed by atoms with Crippen LogP contribution in [0.1, 0.15) is 25.3 Å². The Bertz CT molecular complexity index is 313. The summed E-state index contributed by atoms with van der Waals surface area (Å²) in [5.74, 6) is 0.936. The molecule has 1 rings (SSSR count). The van der Waals surface area contributed by atoms with E-state index in [1.807, 2.05) is 30.3 Å². The highest BCUT2D eigenvalue weighted by Crippen LogP contribution is 2.20. The summed E-state index contributed by atoms with van der Waals surface area (Å²) in [6.45, 7) is 2.96. The number of halogens is 2. The maximum atomic E-state index is 5.56. The Morgan fingerprint density at radius 2 is 1.93 bits per heavy atom. The average molecular weight is 334 g/mol. The lowest BCUT2D eigenvalue weighted by Crippen LogP contribution is -1.95. The fourth-order valence-corrected chi connectivity index (χ4v) is 1.65. The third-order valence-electron chi connectivity index (χ3n) is 1.92. The third kappa shape index (κ3) is 5.38. The zero-order chi connectivity index (χ0) is 11.1. The number of benzene rings is 1. The number of rotatable bonds is 5. The zero-order valence-electron chi connectivity index (χ0n) is 8.67. The lowest BCUT2D eigenvalue weighted by atomic mass is 10.2. The molecule has 1 nitrogen and oxygen atoms in total. The largest absolute Gasteiger partial charge is 0.494 e. The molecular formula is C12H14Br2O. The van der Waals surface area contributed by atoms with E-state index in [1.165, 1.54) is 0 Å². The smallest absolute Gasteiger partial charge is 0.119 e. The Balaban J connectivity index is 2.53. The van der Waals surface area contributed by atoms with E-state index in [1.54, 1.807) is 0 Å². The van der Waals surface area contributed by atoms with Crippen LogP contribution >= 0.6 is 31.9 Å². The predicted octanol–water partition coefficient (Wildman–Crippen LogP) is 4.95. The Kier molecular flexibility index (Phi) is 6.03. The molecule has 0 atom stereocenters. The summed E-state index contributed by atoms with van der Waals surface area (Å²) in [5.41, 5.74) is 1.14. The van der Waals surface area contributed by atoms with Gasteiger partial charge in [-0.1, -0.05) is 25.5 Å². The second kappa shape index (κ2) is 7.07. The molecule has 82 valence electrons. The van der Waals surface area contributed by atoms with Gasteiger partial charge in [-0.25, -0.2) is 0 Å². The van der Waals surface area contributed by atoms with Crippen molar-refractivity contribution in [2.24, 2.45) is 0 Å². The van der Waals surface area contributed by atoms with E-state index in [0.717, 1.165) is 34.2 Å². The van der Waals surface area contributed by atoms with Crippen LogP contribution in [0.5, 0.6) is 5.75 Å². The second-order valence-corrected chi connectivity index (χ2v) is 5.98. The van der Waals surface area contributed by atoms with Gasteiger partial charge in [0.15, 0.2) is 0 Å². The van der Waals surface area contributed by atoms with E-state index in [2.05, 4.69) is 38.8 Å². The van der Waals surface area contributed by atoms with E-state index in [4.69, 9.17) is 4.74 Å². The minimum absolute atomic E-state index is 0.799. The number of hydrogen-bond acceptors (Lipinski definition) is 1. The number of ether oxygens (including phenoxy) is 1. The molecule has 0 unspecified atom stereocenters. The van der Waals surface area contributed by atoms with Gasteiger partial charge in [0.1, 0.15) is 5.75 Å². The van der Waals surface area contributed by atoms with Crippen LogP contribution in [0.4, 0.5) is 0 Å². The molecule has 0 bridgehead atoms. The molecular weight excluding hydrogens is 320 g/mol. The molecule has 1 aromatic carbocycles. The van der Waals surface area contributed by atoms with Gasteiger partial charge in [-0.05, 0) is 62.1 Å². The summed E-state index contributed by atoms with van der Waals surface area (Å²) in [7, 11) is 0. The van der Waals surface area contributed by atoms with Crippen molar-refractivity contribution in [1.29, 1.82) is 0 Å². The molecule has 0 heterocycles. The fraction of sp³-hybridized carbons (Fsp3) is 0.333. The molecule has 0 fully saturated rings. The van der Waals surface area contributed by atoms with Gasteiger partial charge >= 0.3 is 0 Å². The van der Waals surface area contributed by atoms with Crippen molar-refractivity contribution >= 4 is 37.9 Å². The van der Waals surface area contributed by atoms with Gasteiger partial charge in [-0.2, -0.15) is 0 Å². The Morgan fingerprint density at radius 1 is 1.27 bits per heavy atom. The van der Waals surface area contributed by atoms with Gasteiger partial charge in [0.2, 0.25) is 0 Å². The first-order chi connectivity index (χ1) is 7.22. The molecule has 0 aliphatic carbocycles. The monoisotopic (exact) mass is 332 g/mol. The van der Waals surface area contributed by atoms with E-state index < -0.39 is 0 Å². The highest BCUT2D eigenvalue weighted by molar-refractivity contribution is 9.28. The number of unbranched alkanes of at least 4 members (excludes halogenated alkanes) is 1. The van der Waals surface area contributed by atoms with Gasteiger partial charge in [0.25, 0.3) is 0 Å². The van der Waals surface area contributed by atoms with Gasteiger partial charge < -0.3 is 4.74 Å². The summed E-state index contributed by atoms with van der Waals surface area (Å²) in [6, 6.07) is 8.04. The molecule has 0 spiro atoms. The Labute approximate surface area is 108 Å². The normalized spacial score (nSPS) is 9.80. The SMILES string of the molecule is CCCCOc1ccc(C=C(Br)Br)cc1. The van der Waals surface area contributed by atoms with Crippen LogP contribution in [0.2, 0.25) is 0 Å². The van der Waals surface area contributed by atoms with Crippen LogP contribution < -0.4 is 4.74 Å². The van der Waals surface area contributed by atoms with Crippen molar-refractivity contribution in [3.05, 3.63) is 33.2 Å². The first-order valence-corrected chi connectivity index (χ1v) is 6.56. The van der Waals surface area contributed by atoms with Crippen molar-refractivity contribution in [2.75, 3.05) is 6.61 Å². The molecule has 0 amide bonds. The lowest BCUT2D eigenvalue weighted by molar-refractivity contribution is 0.309. The summed E-state index contributed by atoms with van der Waals surface area (Å²) in [6.07, 6.45) is 4.27. The lowest BCUT2D eigenvalue weighted by Gasteiger charge is -2.04. The Morgan fingerprint density at radius 3 is 2.47 bits per heavy atom. The van der Waals surface area contributed by atoms with E-state index in [9.17, 15) is 0 Å². The highest BCUT2D eigenvalue weighted by Gasteiger charge is 1.93. The van der Waals surface area contributed by atoms with Crippen LogP contribution in [-0.4, -0.2) is 6.61 Å². The van der Waals surface area contributed by atoms with Crippen molar-refractivity contribution in [2.45, 2.75) is 19.8 Å². The van der Waals surface area contributed by atoms with Gasteiger partial charge in [0, 0.05) is 0 Å². The van der Waals surface area contributed by atoms with Crippen molar-refractivity contribution < 1.29 is 4.74 Å². The fourth-order valence-electron chi connectivity index (χ4n) is 1.12. The summed E-state index contributed by atoms with van der Waals surface area (Å²) < 4.78 is 6.50. The standard InChI is InChI=1S/C12H14Br2O/c1-2-3-8-15-11-6-4-10(5-7-11)9-12(13)14/h4-7,9H,2-3,8H2,1H3. The molecule has 0 N–H and O–H groups in total. The van der Waals surface area contributed by atoms with Crippen molar-refractivity contribution in [1.82, 2.24) is 0 Å². The minimum Gasteiger partial charge on any atom is -0.494 e. The van der Waals surface area contributed by atoms with E-state index in [0.29, 0.717) is 0 Å². The predicted molar refractivity (Wildman–Crippen MR) is 72.7 cm³/mol. The minimum atomic E-state index is 0.799. The Hall–Kier alpha value is -0.280. The maximum Gasteiger partial charge on any atom is 0.119 e. The number of hydrogen-bond donors (Lipinski definition) is 0. The summed E-state index contributed by atoms with van der Waals surface area (Å²) >= 11 is 6.65. The van der Waals surface area contributed by atoms with Crippen LogP contribution in [0.3, 0.4) is 0 Å².